The zero-order chi connectivity index (χ0) is 14.7. The standard InChI is InChI=1S/C16H23N3O2/c20-12-16-17-14-6-2-3-7-15(14)19(16)11-13(21)10-18-8-4-1-5-9-18/h2-3,6-7,13,20-21H,1,4-5,8-12H2. The van der Waals surface area contributed by atoms with Crippen molar-refractivity contribution in [2.45, 2.75) is 38.5 Å². The van der Waals surface area contributed by atoms with Crippen molar-refractivity contribution in [3.63, 3.8) is 0 Å². The molecule has 1 aliphatic heterocycles. The van der Waals surface area contributed by atoms with Gasteiger partial charge in [0.2, 0.25) is 0 Å². The van der Waals surface area contributed by atoms with E-state index in [0.717, 1.165) is 24.1 Å². The van der Waals surface area contributed by atoms with E-state index in [4.69, 9.17) is 0 Å². The van der Waals surface area contributed by atoms with Gasteiger partial charge in [0.05, 0.1) is 23.7 Å². The Kier molecular flexibility index (Phi) is 4.53. The minimum atomic E-state index is -0.439. The predicted octanol–water partition coefficient (Wildman–Crippen LogP) is 1.38. The number of aliphatic hydroxyl groups excluding tert-OH is 2. The summed E-state index contributed by atoms with van der Waals surface area (Å²) in [5.41, 5.74) is 1.84. The zero-order valence-electron chi connectivity index (χ0n) is 12.3. The summed E-state index contributed by atoms with van der Waals surface area (Å²) >= 11 is 0. The molecule has 0 aliphatic carbocycles. The molecule has 1 aromatic carbocycles. The van der Waals surface area contributed by atoms with Gasteiger partial charge in [0, 0.05) is 6.54 Å². The molecule has 2 heterocycles. The van der Waals surface area contributed by atoms with E-state index in [2.05, 4.69) is 9.88 Å². The molecule has 0 bridgehead atoms. The van der Waals surface area contributed by atoms with E-state index in [1.165, 1.54) is 19.3 Å². The van der Waals surface area contributed by atoms with Crippen molar-refractivity contribution in [2.75, 3.05) is 19.6 Å². The molecule has 1 aromatic heterocycles. The van der Waals surface area contributed by atoms with E-state index in [1.54, 1.807) is 0 Å². The fourth-order valence-corrected chi connectivity index (χ4v) is 3.16. The van der Waals surface area contributed by atoms with Crippen LogP contribution < -0.4 is 0 Å². The summed E-state index contributed by atoms with van der Waals surface area (Å²) in [6, 6.07) is 7.81. The molecule has 1 aliphatic rings. The molecular weight excluding hydrogens is 266 g/mol. The first-order valence-corrected chi connectivity index (χ1v) is 7.73. The fourth-order valence-electron chi connectivity index (χ4n) is 3.16. The van der Waals surface area contributed by atoms with Crippen molar-refractivity contribution in [1.82, 2.24) is 14.5 Å². The number of benzene rings is 1. The highest BCUT2D eigenvalue weighted by Gasteiger charge is 2.17. The summed E-state index contributed by atoms with van der Waals surface area (Å²) in [7, 11) is 0. The van der Waals surface area contributed by atoms with Crippen LogP contribution in [0.15, 0.2) is 24.3 Å². The maximum atomic E-state index is 10.4. The highest BCUT2D eigenvalue weighted by atomic mass is 16.3. The molecule has 0 amide bonds. The quantitative estimate of drug-likeness (QED) is 0.873. The first-order chi connectivity index (χ1) is 10.3. The number of likely N-dealkylation sites (tertiary alicyclic amines) is 1. The lowest BCUT2D eigenvalue weighted by Crippen LogP contribution is -2.38. The highest BCUT2D eigenvalue weighted by Crippen LogP contribution is 2.17. The van der Waals surface area contributed by atoms with E-state index < -0.39 is 6.10 Å². The molecule has 2 aromatic rings. The Balaban J connectivity index is 1.74. The van der Waals surface area contributed by atoms with Crippen molar-refractivity contribution < 1.29 is 10.2 Å². The number of rotatable bonds is 5. The van der Waals surface area contributed by atoms with Crippen LogP contribution in [0.4, 0.5) is 0 Å². The normalized spacial score (nSPS) is 18.2. The van der Waals surface area contributed by atoms with Crippen molar-refractivity contribution >= 4 is 11.0 Å². The van der Waals surface area contributed by atoms with E-state index in [0.29, 0.717) is 18.9 Å². The van der Waals surface area contributed by atoms with Gasteiger partial charge in [-0.25, -0.2) is 4.98 Å². The summed E-state index contributed by atoms with van der Waals surface area (Å²) < 4.78 is 1.93. The number of β-amino-alcohol motifs (C(OH)–C–C–N with tert-alkyl or cyclic N) is 1. The SMILES string of the molecule is OCc1nc2ccccc2n1CC(O)CN1CCCCC1. The van der Waals surface area contributed by atoms with Crippen LogP contribution in [0, 0.1) is 0 Å². The summed E-state index contributed by atoms with van der Waals surface area (Å²) in [5.74, 6) is 0.619. The summed E-state index contributed by atoms with van der Waals surface area (Å²) in [6.07, 6.45) is 3.31. The number of nitrogens with zero attached hydrogens (tertiary/aromatic N) is 3. The molecule has 5 heteroatoms. The number of aromatic nitrogens is 2. The molecule has 1 unspecified atom stereocenters. The Labute approximate surface area is 124 Å². The van der Waals surface area contributed by atoms with Gasteiger partial charge in [-0.2, -0.15) is 0 Å². The molecule has 114 valence electrons. The van der Waals surface area contributed by atoms with Crippen molar-refractivity contribution in [2.24, 2.45) is 0 Å². The lowest BCUT2D eigenvalue weighted by molar-refractivity contribution is 0.0875. The van der Waals surface area contributed by atoms with Gasteiger partial charge < -0.3 is 19.7 Å². The molecule has 1 atom stereocenters. The number of para-hydroxylation sites is 2. The molecule has 21 heavy (non-hydrogen) atoms. The Morgan fingerprint density at radius 1 is 1.10 bits per heavy atom. The van der Waals surface area contributed by atoms with Crippen LogP contribution in [0.2, 0.25) is 0 Å². The molecule has 0 saturated carbocycles. The maximum Gasteiger partial charge on any atom is 0.135 e. The molecule has 0 radical (unpaired) electrons. The van der Waals surface area contributed by atoms with Crippen molar-refractivity contribution in [1.29, 1.82) is 0 Å². The minimum Gasteiger partial charge on any atom is -0.390 e. The minimum absolute atomic E-state index is 0.106. The number of fused-ring (bicyclic) bond motifs is 1. The van der Waals surface area contributed by atoms with E-state index >= 15 is 0 Å². The van der Waals surface area contributed by atoms with Crippen molar-refractivity contribution in [3.05, 3.63) is 30.1 Å². The van der Waals surface area contributed by atoms with E-state index in [-0.39, 0.29) is 6.61 Å². The fraction of sp³-hybridized carbons (Fsp3) is 0.562. The molecule has 1 saturated heterocycles. The third-order valence-electron chi connectivity index (χ3n) is 4.19. The lowest BCUT2D eigenvalue weighted by Gasteiger charge is -2.28. The Bertz CT molecular complexity index is 590. The van der Waals surface area contributed by atoms with Gasteiger partial charge in [-0.1, -0.05) is 18.6 Å². The highest BCUT2D eigenvalue weighted by molar-refractivity contribution is 5.75. The first-order valence-electron chi connectivity index (χ1n) is 7.73. The van der Waals surface area contributed by atoms with Crippen LogP contribution in [-0.4, -0.2) is 50.4 Å². The number of piperidine rings is 1. The topological polar surface area (TPSA) is 61.5 Å². The van der Waals surface area contributed by atoms with Crippen LogP contribution in [0.3, 0.4) is 0 Å². The maximum absolute atomic E-state index is 10.4. The van der Waals surface area contributed by atoms with Crippen LogP contribution in [0.1, 0.15) is 25.1 Å². The average molecular weight is 289 g/mol. The van der Waals surface area contributed by atoms with Crippen molar-refractivity contribution in [3.8, 4) is 0 Å². The summed E-state index contributed by atoms with van der Waals surface area (Å²) in [5, 5.41) is 19.9. The molecule has 3 rings (SSSR count). The largest absolute Gasteiger partial charge is 0.390 e. The Morgan fingerprint density at radius 2 is 1.86 bits per heavy atom. The van der Waals surface area contributed by atoms with Gasteiger partial charge in [-0.3, -0.25) is 0 Å². The lowest BCUT2D eigenvalue weighted by atomic mass is 10.1. The summed E-state index contributed by atoms with van der Waals surface area (Å²) in [6.45, 7) is 3.22. The first kappa shape index (κ1) is 14.5. The second-order valence-electron chi connectivity index (χ2n) is 5.80. The zero-order valence-corrected chi connectivity index (χ0v) is 12.3. The van der Waals surface area contributed by atoms with Crippen LogP contribution in [-0.2, 0) is 13.2 Å². The van der Waals surface area contributed by atoms with Crippen LogP contribution in [0.5, 0.6) is 0 Å². The number of hydrogen-bond donors (Lipinski definition) is 2. The van der Waals surface area contributed by atoms with Gasteiger partial charge in [0.25, 0.3) is 0 Å². The number of hydrogen-bond acceptors (Lipinski definition) is 4. The van der Waals surface area contributed by atoms with Crippen LogP contribution in [0.25, 0.3) is 11.0 Å². The average Bonchev–Trinajstić information content (AvgIpc) is 2.86. The van der Waals surface area contributed by atoms with E-state index in [9.17, 15) is 10.2 Å². The molecule has 1 fully saturated rings. The van der Waals surface area contributed by atoms with Crippen LogP contribution >= 0.6 is 0 Å². The third-order valence-corrected chi connectivity index (χ3v) is 4.19. The number of imidazole rings is 1. The smallest absolute Gasteiger partial charge is 0.135 e. The van der Waals surface area contributed by atoms with Gasteiger partial charge in [0.1, 0.15) is 12.4 Å². The van der Waals surface area contributed by atoms with Gasteiger partial charge in [0.15, 0.2) is 0 Å². The van der Waals surface area contributed by atoms with Gasteiger partial charge >= 0.3 is 0 Å². The Morgan fingerprint density at radius 3 is 2.62 bits per heavy atom. The van der Waals surface area contributed by atoms with Gasteiger partial charge in [-0.15, -0.1) is 0 Å². The van der Waals surface area contributed by atoms with E-state index in [1.807, 2.05) is 28.8 Å². The number of aliphatic hydroxyl groups is 2. The molecular formula is C16H23N3O2. The molecule has 0 spiro atoms. The second-order valence-corrected chi connectivity index (χ2v) is 5.80. The molecule has 5 nitrogen and oxygen atoms in total. The Hall–Kier alpha value is -1.43. The summed E-state index contributed by atoms with van der Waals surface area (Å²) in [4.78, 5) is 6.74. The predicted molar refractivity (Wildman–Crippen MR) is 82.0 cm³/mol. The monoisotopic (exact) mass is 289 g/mol. The van der Waals surface area contributed by atoms with Gasteiger partial charge in [-0.05, 0) is 38.1 Å². The molecule has 2 N–H and O–H groups in total. The third kappa shape index (κ3) is 3.26. The second kappa shape index (κ2) is 6.56.